The Labute approximate surface area is 213 Å². The maximum atomic E-state index is 13.1. The number of aliphatic hydroxyl groups excluding tert-OH is 1. The second-order valence-corrected chi connectivity index (χ2v) is 12.2. The van der Waals surface area contributed by atoms with Gasteiger partial charge in [-0.05, 0) is 111 Å². The maximum absolute atomic E-state index is 13.1. The van der Waals surface area contributed by atoms with Crippen LogP contribution < -0.4 is 0 Å². The summed E-state index contributed by atoms with van der Waals surface area (Å²) in [4.78, 5) is 12.0. The van der Waals surface area contributed by atoms with E-state index in [0.717, 1.165) is 49.7 Å². The highest BCUT2D eigenvalue weighted by atomic mass is 19.4. The predicted octanol–water partition coefficient (Wildman–Crippen LogP) is 7.63. The molecule has 0 heterocycles. The van der Waals surface area contributed by atoms with Gasteiger partial charge in [0.15, 0.2) is 5.78 Å². The number of terminal acetylenes is 1. The lowest BCUT2D eigenvalue weighted by atomic mass is 9.53. The molecule has 2 fully saturated rings. The van der Waals surface area contributed by atoms with E-state index in [1.54, 1.807) is 18.2 Å². The summed E-state index contributed by atoms with van der Waals surface area (Å²) < 4.78 is 39.3. The summed E-state index contributed by atoms with van der Waals surface area (Å²) in [6.45, 7) is 8.19. The first-order chi connectivity index (χ1) is 16.7. The fourth-order valence-corrected chi connectivity index (χ4v) is 6.84. The van der Waals surface area contributed by atoms with E-state index in [4.69, 9.17) is 6.42 Å². The van der Waals surface area contributed by atoms with Crippen molar-refractivity contribution in [3.63, 3.8) is 0 Å². The topological polar surface area (TPSA) is 37.3 Å². The molecule has 0 radical (unpaired) electrons. The minimum atomic E-state index is -4.35. The standard InChI is InChI=1S/C25H27F3O2.C6H10/c1-24-13-20(14-2-5-16(6-3-14)25(26,27)28)23-18-9-7-17(29)12-15(18)4-8-19(23)21(24)10-11-22(24)30;1-5-6(2,3)4/h2-3,5-6,12,19-22,30H,4,7-11,13H2,1H3;1H,2-4H3. The van der Waals surface area contributed by atoms with Gasteiger partial charge in [0, 0.05) is 17.8 Å². The zero-order valence-electron chi connectivity index (χ0n) is 21.7. The van der Waals surface area contributed by atoms with Crippen molar-refractivity contribution in [3.8, 4) is 12.3 Å². The Kier molecular flexibility index (Phi) is 7.07. The molecule has 2 saturated carbocycles. The molecule has 1 aromatic rings. The van der Waals surface area contributed by atoms with Crippen LogP contribution in [0.15, 0.2) is 47.1 Å². The Bertz CT molecular complexity index is 1110. The van der Waals surface area contributed by atoms with E-state index in [1.165, 1.54) is 23.3 Å². The molecule has 0 saturated heterocycles. The summed E-state index contributed by atoms with van der Waals surface area (Å²) in [5.74, 6) is 3.52. The quantitative estimate of drug-likeness (QED) is 0.404. The molecule has 1 aromatic carbocycles. The first kappa shape index (κ1) is 26.7. The van der Waals surface area contributed by atoms with Crippen molar-refractivity contribution >= 4 is 5.78 Å². The molecule has 1 N–H and O–H groups in total. The lowest BCUT2D eigenvalue weighted by molar-refractivity contribution is -0.137. The van der Waals surface area contributed by atoms with E-state index in [0.29, 0.717) is 18.3 Å². The van der Waals surface area contributed by atoms with E-state index in [2.05, 4.69) is 12.8 Å². The zero-order valence-corrected chi connectivity index (χ0v) is 21.7. The molecule has 4 aliphatic carbocycles. The Morgan fingerprint density at radius 3 is 2.25 bits per heavy atom. The third-order valence-electron chi connectivity index (χ3n) is 8.75. The number of halogens is 3. The van der Waals surface area contributed by atoms with E-state index < -0.39 is 11.7 Å². The van der Waals surface area contributed by atoms with Gasteiger partial charge >= 0.3 is 6.18 Å². The number of fused-ring (bicyclic) bond motifs is 4. The van der Waals surface area contributed by atoms with Crippen molar-refractivity contribution in [2.75, 3.05) is 0 Å². The molecule has 0 spiro atoms. The highest BCUT2D eigenvalue weighted by Gasteiger charge is 2.56. The van der Waals surface area contributed by atoms with Gasteiger partial charge in [0.2, 0.25) is 0 Å². The summed E-state index contributed by atoms with van der Waals surface area (Å²) in [6.07, 6.45) is 7.77. The van der Waals surface area contributed by atoms with Gasteiger partial charge in [0.05, 0.1) is 11.7 Å². The van der Waals surface area contributed by atoms with Crippen LogP contribution in [0.1, 0.15) is 89.7 Å². The number of rotatable bonds is 1. The summed E-state index contributed by atoms with van der Waals surface area (Å²) in [7, 11) is 0. The molecule has 0 aliphatic heterocycles. The highest BCUT2D eigenvalue weighted by Crippen LogP contribution is 2.63. The Morgan fingerprint density at radius 1 is 1.03 bits per heavy atom. The molecule has 5 atom stereocenters. The number of benzene rings is 1. The molecular weight excluding hydrogens is 461 g/mol. The van der Waals surface area contributed by atoms with Gasteiger partial charge in [0.25, 0.3) is 0 Å². The van der Waals surface area contributed by atoms with E-state index in [9.17, 15) is 23.1 Å². The Morgan fingerprint density at radius 2 is 1.67 bits per heavy atom. The van der Waals surface area contributed by atoms with Crippen molar-refractivity contribution in [2.24, 2.45) is 22.7 Å². The van der Waals surface area contributed by atoms with Crippen LogP contribution in [0.2, 0.25) is 0 Å². The SMILES string of the molecule is C#CC(C)(C)C.CC12CC(c3ccc(C(F)(F)F)cc3)C3=C4CCC(=O)C=C4CCC3C1CCC2O. The molecular formula is C31H37F3O2. The van der Waals surface area contributed by atoms with Crippen molar-refractivity contribution < 1.29 is 23.1 Å². The third-order valence-corrected chi connectivity index (χ3v) is 8.75. The number of ketones is 1. The Balaban J connectivity index is 0.000000455. The molecule has 5 rings (SSSR count). The summed E-state index contributed by atoms with van der Waals surface area (Å²) >= 11 is 0. The Hall–Kier alpha value is -2.32. The van der Waals surface area contributed by atoms with Crippen LogP contribution >= 0.6 is 0 Å². The number of hydrogen-bond acceptors (Lipinski definition) is 2. The largest absolute Gasteiger partial charge is 0.416 e. The van der Waals surface area contributed by atoms with Gasteiger partial charge in [-0.2, -0.15) is 13.2 Å². The second kappa shape index (κ2) is 9.53. The number of hydrogen-bond donors (Lipinski definition) is 1. The van der Waals surface area contributed by atoms with Crippen molar-refractivity contribution in [3.05, 3.63) is 58.2 Å². The van der Waals surface area contributed by atoms with Crippen LogP contribution in [-0.4, -0.2) is 17.0 Å². The van der Waals surface area contributed by atoms with Crippen LogP contribution in [-0.2, 0) is 11.0 Å². The van der Waals surface area contributed by atoms with Crippen molar-refractivity contribution in [1.29, 1.82) is 0 Å². The summed E-state index contributed by atoms with van der Waals surface area (Å²) in [5, 5.41) is 10.8. The second-order valence-electron chi connectivity index (χ2n) is 12.2. The van der Waals surface area contributed by atoms with Gasteiger partial charge in [0.1, 0.15) is 0 Å². The van der Waals surface area contributed by atoms with Gasteiger partial charge in [-0.15, -0.1) is 12.3 Å². The molecule has 2 nitrogen and oxygen atoms in total. The van der Waals surface area contributed by atoms with Crippen molar-refractivity contribution in [1.82, 2.24) is 0 Å². The number of carbonyl (C=O) groups is 1. The molecule has 5 heteroatoms. The molecule has 36 heavy (non-hydrogen) atoms. The predicted molar refractivity (Wildman–Crippen MR) is 136 cm³/mol. The normalized spacial score (nSPS) is 31.9. The van der Waals surface area contributed by atoms with Crippen LogP contribution in [0, 0.1) is 35.0 Å². The average molecular weight is 499 g/mol. The average Bonchev–Trinajstić information content (AvgIpc) is 3.12. The maximum Gasteiger partial charge on any atom is 0.416 e. The van der Waals surface area contributed by atoms with E-state index >= 15 is 0 Å². The van der Waals surface area contributed by atoms with E-state index in [1.807, 2.05) is 20.8 Å². The van der Waals surface area contributed by atoms with Crippen LogP contribution in [0.3, 0.4) is 0 Å². The van der Waals surface area contributed by atoms with Gasteiger partial charge in [-0.25, -0.2) is 0 Å². The fraction of sp³-hybridized carbons (Fsp3) is 0.581. The fourth-order valence-electron chi connectivity index (χ4n) is 6.84. The monoisotopic (exact) mass is 498 g/mol. The minimum absolute atomic E-state index is 0.00168. The molecule has 0 bridgehead atoms. The van der Waals surface area contributed by atoms with Gasteiger partial charge < -0.3 is 5.11 Å². The number of allylic oxidation sites excluding steroid dienone is 4. The zero-order chi connectivity index (χ0) is 26.5. The highest BCUT2D eigenvalue weighted by molar-refractivity contribution is 5.93. The molecule has 194 valence electrons. The molecule has 0 aromatic heterocycles. The van der Waals surface area contributed by atoms with Crippen molar-refractivity contribution in [2.45, 2.75) is 90.8 Å². The lowest BCUT2D eigenvalue weighted by Crippen LogP contribution is -2.45. The number of aliphatic hydroxyl groups is 1. The van der Waals surface area contributed by atoms with Gasteiger partial charge in [-0.3, -0.25) is 4.79 Å². The summed E-state index contributed by atoms with van der Waals surface area (Å²) in [5.41, 5.74) is 3.88. The van der Waals surface area contributed by atoms with Crippen LogP contribution in [0.4, 0.5) is 13.2 Å². The molecule has 4 aliphatic rings. The minimum Gasteiger partial charge on any atom is -0.393 e. The lowest BCUT2D eigenvalue weighted by Gasteiger charge is -2.52. The number of alkyl halides is 3. The van der Waals surface area contributed by atoms with E-state index in [-0.39, 0.29) is 28.6 Å². The molecule has 0 amide bonds. The summed E-state index contributed by atoms with van der Waals surface area (Å²) in [6, 6.07) is 5.60. The first-order valence-corrected chi connectivity index (χ1v) is 13.0. The number of carbonyl (C=O) groups excluding carboxylic acids is 1. The third kappa shape index (κ3) is 5.07. The first-order valence-electron chi connectivity index (χ1n) is 13.0. The van der Waals surface area contributed by atoms with Crippen LogP contribution in [0.25, 0.3) is 0 Å². The van der Waals surface area contributed by atoms with Crippen LogP contribution in [0.5, 0.6) is 0 Å². The van der Waals surface area contributed by atoms with Gasteiger partial charge in [-0.1, -0.05) is 24.6 Å². The molecule has 5 unspecified atom stereocenters. The smallest absolute Gasteiger partial charge is 0.393 e.